The number of ether oxygens (including phenoxy) is 2. The van der Waals surface area contributed by atoms with Crippen molar-refractivity contribution in [2.24, 2.45) is 0 Å². The van der Waals surface area contributed by atoms with Crippen LogP contribution in [0.4, 0.5) is 5.69 Å². The zero-order valence-electron chi connectivity index (χ0n) is 15.3. The first kappa shape index (κ1) is 16.7. The molecule has 1 fully saturated rings. The van der Waals surface area contributed by atoms with Crippen molar-refractivity contribution >= 4 is 5.69 Å². The van der Waals surface area contributed by atoms with E-state index < -0.39 is 0 Å². The fourth-order valence-electron chi connectivity index (χ4n) is 3.49. The van der Waals surface area contributed by atoms with Gasteiger partial charge in [0, 0.05) is 30.2 Å². The van der Waals surface area contributed by atoms with Crippen molar-refractivity contribution in [1.82, 2.24) is 4.57 Å². The number of methoxy groups -OCH3 is 1. The van der Waals surface area contributed by atoms with Crippen molar-refractivity contribution in [2.45, 2.75) is 19.6 Å². The van der Waals surface area contributed by atoms with E-state index in [1.165, 1.54) is 11.3 Å². The molecule has 0 saturated carbocycles. The smallest absolute Gasteiger partial charge is 0.158 e. The molecule has 1 saturated heterocycles. The monoisotopic (exact) mass is 348 g/mol. The van der Waals surface area contributed by atoms with Gasteiger partial charge in [0.25, 0.3) is 0 Å². The van der Waals surface area contributed by atoms with Gasteiger partial charge in [-0.05, 0) is 42.3 Å². The van der Waals surface area contributed by atoms with E-state index >= 15 is 0 Å². The Morgan fingerprint density at radius 1 is 1.08 bits per heavy atom. The second-order valence-corrected chi connectivity index (χ2v) is 6.46. The van der Waals surface area contributed by atoms with Crippen LogP contribution >= 0.6 is 0 Å². The number of nitrogens with zero attached hydrogens (tertiary/aromatic N) is 2. The summed E-state index contributed by atoms with van der Waals surface area (Å²) in [5.74, 6) is 0.856. The summed E-state index contributed by atoms with van der Waals surface area (Å²) in [7, 11) is 1.70. The molecule has 1 aliphatic rings. The van der Waals surface area contributed by atoms with Gasteiger partial charge in [-0.25, -0.2) is 0 Å². The maximum atomic E-state index is 6.05. The number of para-hydroxylation sites is 2. The zero-order chi connectivity index (χ0) is 17.9. The summed E-state index contributed by atoms with van der Waals surface area (Å²) in [6.45, 7) is 3.81. The van der Waals surface area contributed by atoms with Gasteiger partial charge in [-0.15, -0.1) is 0 Å². The Balaban J connectivity index is 1.61. The zero-order valence-corrected chi connectivity index (χ0v) is 15.3. The third-order valence-electron chi connectivity index (χ3n) is 4.93. The fraction of sp³-hybridized carbons (Fsp3) is 0.273. The third kappa shape index (κ3) is 3.08. The molecule has 0 bridgehead atoms. The molecule has 26 heavy (non-hydrogen) atoms. The molecule has 2 heterocycles. The maximum Gasteiger partial charge on any atom is 0.158 e. The third-order valence-corrected chi connectivity index (χ3v) is 4.93. The molecule has 4 heteroatoms. The number of rotatable bonds is 5. The van der Waals surface area contributed by atoms with Crippen LogP contribution in [0.15, 0.2) is 67.0 Å². The molecule has 0 radical (unpaired) electrons. The van der Waals surface area contributed by atoms with E-state index in [1.807, 2.05) is 18.2 Å². The van der Waals surface area contributed by atoms with E-state index in [0.29, 0.717) is 0 Å². The molecular formula is C22H24N2O2. The molecule has 134 valence electrons. The SMILES string of the molecule is CCc1ccc(N2CCO[C@H]2c2ccn(-c3ccccc3OC)c2)cc1. The number of aryl methyl sites for hydroxylation is 1. The van der Waals surface area contributed by atoms with Gasteiger partial charge in [0.2, 0.25) is 0 Å². The van der Waals surface area contributed by atoms with Crippen LogP contribution in [0.2, 0.25) is 0 Å². The highest BCUT2D eigenvalue weighted by atomic mass is 16.5. The summed E-state index contributed by atoms with van der Waals surface area (Å²) in [5.41, 5.74) is 4.73. The van der Waals surface area contributed by atoms with Gasteiger partial charge in [-0.3, -0.25) is 0 Å². The molecule has 4 rings (SSSR count). The highest BCUT2D eigenvalue weighted by Crippen LogP contribution is 2.33. The molecule has 2 aromatic carbocycles. The van der Waals surface area contributed by atoms with Gasteiger partial charge in [0.1, 0.15) is 5.75 Å². The summed E-state index contributed by atoms with van der Waals surface area (Å²) in [4.78, 5) is 2.32. The minimum atomic E-state index is -0.0570. The van der Waals surface area contributed by atoms with Crippen LogP contribution < -0.4 is 9.64 Å². The summed E-state index contributed by atoms with van der Waals surface area (Å²) in [6, 6.07) is 18.9. The van der Waals surface area contributed by atoms with Crippen LogP contribution in [0.1, 0.15) is 24.3 Å². The molecule has 0 spiro atoms. The molecule has 0 unspecified atom stereocenters. The first-order valence-corrected chi connectivity index (χ1v) is 9.08. The van der Waals surface area contributed by atoms with E-state index in [4.69, 9.17) is 9.47 Å². The summed E-state index contributed by atoms with van der Waals surface area (Å²) >= 11 is 0. The highest BCUT2D eigenvalue weighted by Gasteiger charge is 2.28. The van der Waals surface area contributed by atoms with E-state index in [9.17, 15) is 0 Å². The number of benzene rings is 2. The van der Waals surface area contributed by atoms with Gasteiger partial charge in [-0.1, -0.05) is 31.2 Å². The Labute approximate surface area is 154 Å². The minimum Gasteiger partial charge on any atom is -0.495 e. The van der Waals surface area contributed by atoms with Gasteiger partial charge in [0.15, 0.2) is 6.23 Å². The van der Waals surface area contributed by atoms with Crippen molar-refractivity contribution in [3.63, 3.8) is 0 Å². The molecule has 0 aliphatic carbocycles. The number of aromatic nitrogens is 1. The Hall–Kier alpha value is -2.72. The lowest BCUT2D eigenvalue weighted by Gasteiger charge is -2.24. The van der Waals surface area contributed by atoms with Crippen LogP contribution in [-0.2, 0) is 11.2 Å². The summed E-state index contributed by atoms with van der Waals surface area (Å²) < 4.78 is 13.6. The fourth-order valence-corrected chi connectivity index (χ4v) is 3.49. The largest absolute Gasteiger partial charge is 0.495 e. The Bertz CT molecular complexity index is 870. The lowest BCUT2D eigenvalue weighted by molar-refractivity contribution is 0.114. The average molecular weight is 348 g/mol. The Morgan fingerprint density at radius 3 is 2.65 bits per heavy atom. The van der Waals surface area contributed by atoms with Crippen molar-refractivity contribution in [3.05, 3.63) is 78.1 Å². The van der Waals surface area contributed by atoms with Crippen molar-refractivity contribution in [2.75, 3.05) is 25.2 Å². The molecule has 4 nitrogen and oxygen atoms in total. The van der Waals surface area contributed by atoms with Gasteiger partial charge in [0.05, 0.1) is 19.4 Å². The highest BCUT2D eigenvalue weighted by molar-refractivity contribution is 5.51. The summed E-state index contributed by atoms with van der Waals surface area (Å²) in [6.07, 6.45) is 5.19. The Morgan fingerprint density at radius 2 is 1.88 bits per heavy atom. The molecule has 1 aliphatic heterocycles. The molecule has 1 atom stereocenters. The minimum absolute atomic E-state index is 0.0570. The standard InChI is InChI=1S/C22H24N2O2/c1-3-17-8-10-19(11-9-17)24-14-15-26-22(24)18-12-13-23(16-18)20-6-4-5-7-21(20)25-2/h4-13,16,22H,3,14-15H2,1-2H3/t22-/m0/s1. The molecule has 1 aromatic heterocycles. The van der Waals surface area contributed by atoms with Crippen LogP contribution in [0.25, 0.3) is 5.69 Å². The predicted molar refractivity (Wildman–Crippen MR) is 104 cm³/mol. The van der Waals surface area contributed by atoms with Crippen LogP contribution in [0.3, 0.4) is 0 Å². The van der Waals surface area contributed by atoms with E-state index in [1.54, 1.807) is 7.11 Å². The number of hydrogen-bond donors (Lipinski definition) is 0. The van der Waals surface area contributed by atoms with Gasteiger partial charge >= 0.3 is 0 Å². The molecule has 0 N–H and O–H groups in total. The quantitative estimate of drug-likeness (QED) is 0.675. The van der Waals surface area contributed by atoms with Crippen LogP contribution in [-0.4, -0.2) is 24.8 Å². The molecular weight excluding hydrogens is 324 g/mol. The predicted octanol–water partition coefficient (Wildman–Crippen LogP) is 4.58. The van der Waals surface area contributed by atoms with Crippen LogP contribution in [0.5, 0.6) is 5.75 Å². The normalized spacial score (nSPS) is 16.8. The number of anilines is 1. The molecule has 0 amide bonds. The lowest BCUT2D eigenvalue weighted by atomic mass is 10.1. The second kappa shape index (κ2) is 7.26. The topological polar surface area (TPSA) is 26.6 Å². The van der Waals surface area contributed by atoms with Crippen molar-refractivity contribution in [3.8, 4) is 11.4 Å². The van der Waals surface area contributed by atoms with E-state index in [0.717, 1.165) is 36.6 Å². The van der Waals surface area contributed by atoms with Gasteiger partial charge < -0.3 is 18.9 Å². The lowest BCUT2D eigenvalue weighted by Crippen LogP contribution is -2.22. The van der Waals surface area contributed by atoms with E-state index in [-0.39, 0.29) is 6.23 Å². The maximum absolute atomic E-state index is 6.05. The first-order valence-electron chi connectivity index (χ1n) is 9.08. The van der Waals surface area contributed by atoms with Crippen molar-refractivity contribution < 1.29 is 9.47 Å². The first-order chi connectivity index (χ1) is 12.8. The van der Waals surface area contributed by atoms with Gasteiger partial charge in [-0.2, -0.15) is 0 Å². The summed E-state index contributed by atoms with van der Waals surface area (Å²) in [5, 5.41) is 0. The van der Waals surface area contributed by atoms with Crippen molar-refractivity contribution in [1.29, 1.82) is 0 Å². The van der Waals surface area contributed by atoms with Crippen LogP contribution in [0, 0.1) is 0 Å². The second-order valence-electron chi connectivity index (χ2n) is 6.46. The number of hydrogen-bond acceptors (Lipinski definition) is 3. The molecule has 3 aromatic rings. The average Bonchev–Trinajstić information content (AvgIpc) is 3.37. The Kier molecular flexibility index (Phi) is 4.67. The van der Waals surface area contributed by atoms with E-state index in [2.05, 4.69) is 65.2 Å².